The molecular formula is C13H18ClN3. The van der Waals surface area contributed by atoms with Gasteiger partial charge in [0.05, 0.1) is 0 Å². The van der Waals surface area contributed by atoms with E-state index in [1.165, 1.54) is 25.7 Å². The van der Waals surface area contributed by atoms with Gasteiger partial charge in [-0.15, -0.1) is 0 Å². The summed E-state index contributed by atoms with van der Waals surface area (Å²) in [7, 11) is 0. The average Bonchev–Trinajstić information content (AvgIpc) is 3.16. The van der Waals surface area contributed by atoms with Crippen molar-refractivity contribution in [1.29, 1.82) is 0 Å². The zero-order valence-corrected chi connectivity index (χ0v) is 11.0. The highest BCUT2D eigenvalue weighted by atomic mass is 35.5. The number of halogens is 1. The first kappa shape index (κ1) is 11.3. The summed E-state index contributed by atoms with van der Waals surface area (Å²) in [6, 6.07) is 2.62. The first-order chi connectivity index (χ1) is 8.26. The Bertz CT molecular complexity index is 413. The fraction of sp³-hybridized carbons (Fsp3) is 0.692. The van der Waals surface area contributed by atoms with Gasteiger partial charge >= 0.3 is 0 Å². The van der Waals surface area contributed by atoms with Crippen molar-refractivity contribution in [2.45, 2.75) is 45.1 Å². The van der Waals surface area contributed by atoms with Crippen LogP contribution in [0.25, 0.3) is 0 Å². The molecule has 0 saturated heterocycles. The quantitative estimate of drug-likeness (QED) is 0.753. The third kappa shape index (κ3) is 2.71. The highest BCUT2D eigenvalue weighted by molar-refractivity contribution is 6.29. The van der Waals surface area contributed by atoms with Crippen LogP contribution in [-0.2, 0) is 6.42 Å². The van der Waals surface area contributed by atoms with Gasteiger partial charge in [0.1, 0.15) is 16.8 Å². The highest BCUT2D eigenvalue weighted by Crippen LogP contribution is 2.37. The van der Waals surface area contributed by atoms with Crippen LogP contribution in [0.5, 0.6) is 0 Å². The second-order valence-corrected chi connectivity index (χ2v) is 5.53. The molecule has 0 atom stereocenters. The van der Waals surface area contributed by atoms with Crippen LogP contribution < -0.4 is 4.90 Å². The molecule has 0 spiro atoms. The minimum atomic E-state index is 0.577. The SMILES string of the molecule is CCc1nc(Cl)cc(N(CC2CC2)C2CC2)n1. The Morgan fingerprint density at radius 3 is 2.65 bits per heavy atom. The van der Waals surface area contributed by atoms with Crippen LogP contribution >= 0.6 is 11.6 Å². The van der Waals surface area contributed by atoms with Gasteiger partial charge in [-0.1, -0.05) is 18.5 Å². The van der Waals surface area contributed by atoms with Crippen LogP contribution in [0.1, 0.15) is 38.4 Å². The number of hydrogen-bond donors (Lipinski definition) is 0. The molecule has 92 valence electrons. The van der Waals surface area contributed by atoms with Crippen molar-refractivity contribution >= 4 is 17.4 Å². The molecule has 0 amide bonds. The summed E-state index contributed by atoms with van der Waals surface area (Å²) < 4.78 is 0. The minimum absolute atomic E-state index is 0.577. The van der Waals surface area contributed by atoms with Crippen molar-refractivity contribution in [3.63, 3.8) is 0 Å². The largest absolute Gasteiger partial charge is 0.353 e. The van der Waals surface area contributed by atoms with E-state index in [4.69, 9.17) is 11.6 Å². The molecule has 17 heavy (non-hydrogen) atoms. The topological polar surface area (TPSA) is 29.0 Å². The summed E-state index contributed by atoms with van der Waals surface area (Å²) in [5.41, 5.74) is 0. The van der Waals surface area contributed by atoms with Gasteiger partial charge in [-0.25, -0.2) is 9.97 Å². The van der Waals surface area contributed by atoms with Crippen molar-refractivity contribution in [2.24, 2.45) is 5.92 Å². The van der Waals surface area contributed by atoms with Crippen molar-refractivity contribution in [2.75, 3.05) is 11.4 Å². The molecule has 1 aromatic heterocycles. The van der Waals surface area contributed by atoms with E-state index in [0.717, 1.165) is 30.5 Å². The third-order valence-electron chi connectivity index (χ3n) is 3.48. The Kier molecular flexibility index (Phi) is 2.95. The molecule has 0 N–H and O–H groups in total. The maximum atomic E-state index is 6.07. The summed E-state index contributed by atoms with van der Waals surface area (Å²) in [4.78, 5) is 11.3. The third-order valence-corrected chi connectivity index (χ3v) is 3.67. The van der Waals surface area contributed by atoms with E-state index < -0.39 is 0 Å². The maximum Gasteiger partial charge on any atom is 0.134 e. The Morgan fingerprint density at radius 2 is 2.06 bits per heavy atom. The minimum Gasteiger partial charge on any atom is -0.353 e. The average molecular weight is 252 g/mol. The number of rotatable bonds is 5. The van der Waals surface area contributed by atoms with E-state index >= 15 is 0 Å². The molecule has 0 bridgehead atoms. The molecule has 0 aliphatic heterocycles. The molecule has 0 aromatic carbocycles. The lowest BCUT2D eigenvalue weighted by molar-refractivity contribution is 0.703. The first-order valence-corrected chi connectivity index (χ1v) is 6.94. The lowest BCUT2D eigenvalue weighted by Crippen LogP contribution is -2.29. The van der Waals surface area contributed by atoms with Crippen LogP contribution in [0.3, 0.4) is 0 Å². The van der Waals surface area contributed by atoms with Crippen LogP contribution in [-0.4, -0.2) is 22.6 Å². The number of anilines is 1. The zero-order chi connectivity index (χ0) is 11.8. The van der Waals surface area contributed by atoms with Crippen LogP contribution in [0.2, 0.25) is 5.15 Å². The molecule has 3 nitrogen and oxygen atoms in total. The van der Waals surface area contributed by atoms with Gasteiger partial charge in [-0.2, -0.15) is 0 Å². The predicted molar refractivity (Wildman–Crippen MR) is 69.5 cm³/mol. The standard InChI is InChI=1S/C13H18ClN3/c1-2-12-15-11(14)7-13(16-12)17(10-5-6-10)8-9-3-4-9/h7,9-10H,2-6,8H2,1H3. The summed E-state index contributed by atoms with van der Waals surface area (Å²) >= 11 is 6.07. The summed E-state index contributed by atoms with van der Waals surface area (Å²) in [6.45, 7) is 3.22. The molecule has 2 aliphatic rings. The molecule has 2 saturated carbocycles. The number of nitrogens with zero attached hydrogens (tertiary/aromatic N) is 3. The van der Waals surface area contributed by atoms with E-state index in [0.29, 0.717) is 11.2 Å². The number of hydrogen-bond acceptors (Lipinski definition) is 3. The number of aryl methyl sites for hydroxylation is 1. The summed E-state index contributed by atoms with van der Waals surface area (Å²) in [6.07, 6.45) is 6.20. The molecular weight excluding hydrogens is 234 g/mol. The fourth-order valence-electron chi connectivity index (χ4n) is 2.15. The van der Waals surface area contributed by atoms with Gasteiger partial charge in [0.15, 0.2) is 0 Å². The van der Waals surface area contributed by atoms with Crippen molar-refractivity contribution in [3.8, 4) is 0 Å². The van der Waals surface area contributed by atoms with Crippen LogP contribution in [0.15, 0.2) is 6.07 Å². The van der Waals surface area contributed by atoms with Gasteiger partial charge in [0.25, 0.3) is 0 Å². The molecule has 0 radical (unpaired) electrons. The first-order valence-electron chi connectivity index (χ1n) is 6.56. The Labute approximate surface area is 107 Å². The highest BCUT2D eigenvalue weighted by Gasteiger charge is 2.34. The molecule has 2 aliphatic carbocycles. The van der Waals surface area contributed by atoms with Gasteiger partial charge in [0, 0.05) is 25.1 Å². The summed E-state index contributed by atoms with van der Waals surface area (Å²) in [5, 5.41) is 0.577. The predicted octanol–water partition coefficient (Wildman–Crippen LogP) is 3.07. The van der Waals surface area contributed by atoms with Gasteiger partial charge in [0.2, 0.25) is 0 Å². The van der Waals surface area contributed by atoms with Crippen LogP contribution in [0.4, 0.5) is 5.82 Å². The van der Waals surface area contributed by atoms with E-state index in [-0.39, 0.29) is 0 Å². The smallest absolute Gasteiger partial charge is 0.134 e. The summed E-state index contributed by atoms with van der Waals surface area (Å²) in [5.74, 6) is 2.78. The molecule has 1 aromatic rings. The number of aromatic nitrogens is 2. The zero-order valence-electron chi connectivity index (χ0n) is 10.2. The lowest BCUT2D eigenvalue weighted by Gasteiger charge is -2.23. The lowest BCUT2D eigenvalue weighted by atomic mass is 10.3. The maximum absolute atomic E-state index is 6.07. The van der Waals surface area contributed by atoms with Gasteiger partial charge in [-0.3, -0.25) is 0 Å². The normalized spacial score (nSPS) is 19.4. The molecule has 1 heterocycles. The fourth-order valence-corrected chi connectivity index (χ4v) is 2.35. The van der Waals surface area contributed by atoms with Gasteiger partial charge < -0.3 is 4.90 Å². The second kappa shape index (κ2) is 4.45. The van der Waals surface area contributed by atoms with E-state index in [1.54, 1.807) is 0 Å². The monoisotopic (exact) mass is 251 g/mol. The van der Waals surface area contributed by atoms with E-state index in [9.17, 15) is 0 Å². The van der Waals surface area contributed by atoms with Crippen LogP contribution in [0, 0.1) is 5.92 Å². The molecule has 3 rings (SSSR count). The van der Waals surface area contributed by atoms with Crippen molar-refractivity contribution in [1.82, 2.24) is 9.97 Å². The van der Waals surface area contributed by atoms with Gasteiger partial charge in [-0.05, 0) is 31.6 Å². The molecule has 0 unspecified atom stereocenters. The molecule has 4 heteroatoms. The van der Waals surface area contributed by atoms with Crippen molar-refractivity contribution < 1.29 is 0 Å². The van der Waals surface area contributed by atoms with Crippen molar-refractivity contribution in [3.05, 3.63) is 17.0 Å². The van der Waals surface area contributed by atoms with E-state index in [1.807, 2.05) is 6.07 Å². The Balaban J connectivity index is 1.85. The Hall–Kier alpha value is -0.830. The second-order valence-electron chi connectivity index (χ2n) is 5.15. The molecule has 2 fully saturated rings. The Morgan fingerprint density at radius 1 is 1.29 bits per heavy atom. The van der Waals surface area contributed by atoms with E-state index in [2.05, 4.69) is 21.8 Å².